The first-order valence-electron chi connectivity index (χ1n) is 8.15. The van der Waals surface area contributed by atoms with E-state index in [1.54, 1.807) is 30.3 Å². The van der Waals surface area contributed by atoms with E-state index in [1.165, 1.54) is 10.9 Å². The van der Waals surface area contributed by atoms with Gasteiger partial charge < -0.3 is 25.4 Å². The smallest absolute Gasteiger partial charge is 0.256 e. The summed E-state index contributed by atoms with van der Waals surface area (Å²) in [6.07, 6.45) is -3.21. The summed E-state index contributed by atoms with van der Waals surface area (Å²) in [5.41, 5.74) is 0.642. The van der Waals surface area contributed by atoms with Crippen LogP contribution in [0.2, 0.25) is 0 Å². The second kappa shape index (κ2) is 6.96. The Morgan fingerprint density at radius 2 is 1.96 bits per heavy atom. The van der Waals surface area contributed by atoms with Gasteiger partial charge in [0.05, 0.1) is 18.2 Å². The molecular weight excluding hydrogens is 356 g/mol. The van der Waals surface area contributed by atoms with Crippen molar-refractivity contribution in [2.75, 3.05) is 11.9 Å². The SMILES string of the molecule is O=C(Nc1nnnc2c1cnn2[C@@H]1O[C@H](CO)[C@@H](O)[C@H]1O)c1ccccc1. The van der Waals surface area contributed by atoms with E-state index >= 15 is 0 Å². The fraction of sp³-hybridized carbons (Fsp3) is 0.312. The Kier molecular flexibility index (Phi) is 4.49. The van der Waals surface area contributed by atoms with Crippen molar-refractivity contribution in [3.63, 3.8) is 0 Å². The number of amides is 1. The van der Waals surface area contributed by atoms with Gasteiger partial charge in [-0.1, -0.05) is 18.2 Å². The van der Waals surface area contributed by atoms with Gasteiger partial charge in [0.2, 0.25) is 0 Å². The lowest BCUT2D eigenvalue weighted by atomic mass is 10.1. The number of rotatable bonds is 4. The Morgan fingerprint density at radius 1 is 1.19 bits per heavy atom. The van der Waals surface area contributed by atoms with E-state index in [9.17, 15) is 20.1 Å². The second-order valence-corrected chi connectivity index (χ2v) is 6.01. The number of hydrogen-bond acceptors (Lipinski definition) is 9. The van der Waals surface area contributed by atoms with Crippen LogP contribution in [0.4, 0.5) is 5.82 Å². The number of aromatic nitrogens is 5. The summed E-state index contributed by atoms with van der Waals surface area (Å²) in [6.45, 7) is -0.459. The third-order valence-corrected chi connectivity index (χ3v) is 4.33. The second-order valence-electron chi connectivity index (χ2n) is 6.01. The fourth-order valence-corrected chi connectivity index (χ4v) is 2.92. The Morgan fingerprint density at radius 3 is 2.67 bits per heavy atom. The van der Waals surface area contributed by atoms with Gasteiger partial charge in [-0.25, -0.2) is 4.68 Å². The van der Waals surface area contributed by atoms with Crippen LogP contribution in [0, 0.1) is 0 Å². The van der Waals surface area contributed by atoms with Crippen molar-refractivity contribution < 1.29 is 24.9 Å². The first-order valence-corrected chi connectivity index (χ1v) is 8.15. The van der Waals surface area contributed by atoms with Gasteiger partial charge in [0, 0.05) is 5.56 Å². The summed E-state index contributed by atoms with van der Waals surface area (Å²) in [5.74, 6) is -0.232. The van der Waals surface area contributed by atoms with Crippen molar-refractivity contribution in [3.8, 4) is 0 Å². The molecule has 1 aliphatic rings. The molecule has 0 radical (unpaired) electrons. The largest absolute Gasteiger partial charge is 0.394 e. The molecule has 0 aliphatic carbocycles. The quantitative estimate of drug-likeness (QED) is 0.455. The standard InChI is InChI=1S/C16H16N6O5/c23-7-10-11(24)12(25)16(27-10)22-14-9(6-17-22)13(19-21-20-14)18-15(26)8-4-2-1-3-5-8/h1-6,10-12,16,23-25H,7H2,(H,18,19,20,26)/t10-,11-,12-,16-/m1/s1. The molecule has 0 unspecified atom stereocenters. The van der Waals surface area contributed by atoms with Crippen LogP contribution in [0.25, 0.3) is 11.0 Å². The third kappa shape index (κ3) is 3.02. The minimum Gasteiger partial charge on any atom is -0.394 e. The predicted octanol–water partition coefficient (Wildman–Crippen LogP) is -0.915. The Labute approximate surface area is 152 Å². The number of nitrogens with one attached hydrogen (secondary N) is 1. The molecule has 0 bridgehead atoms. The summed E-state index contributed by atoms with van der Waals surface area (Å²) in [4.78, 5) is 12.3. The lowest BCUT2D eigenvalue weighted by Crippen LogP contribution is -2.33. The first kappa shape index (κ1) is 17.4. The summed E-state index contributed by atoms with van der Waals surface area (Å²) in [7, 11) is 0. The highest BCUT2D eigenvalue weighted by Gasteiger charge is 2.44. The summed E-state index contributed by atoms with van der Waals surface area (Å²) in [5, 5.41) is 47.8. The number of benzene rings is 1. The number of hydrogen-bond donors (Lipinski definition) is 4. The normalized spacial score (nSPS) is 25.0. The number of fused-ring (bicyclic) bond motifs is 1. The van der Waals surface area contributed by atoms with Crippen molar-refractivity contribution >= 4 is 22.8 Å². The Hall–Kier alpha value is -2.99. The van der Waals surface area contributed by atoms with E-state index in [4.69, 9.17) is 4.74 Å². The van der Waals surface area contributed by atoms with Gasteiger partial charge in [0.15, 0.2) is 17.7 Å². The van der Waals surface area contributed by atoms with Gasteiger partial charge >= 0.3 is 0 Å². The number of carbonyl (C=O) groups excluding carboxylic acids is 1. The molecule has 11 nitrogen and oxygen atoms in total. The summed E-state index contributed by atoms with van der Waals surface area (Å²) < 4.78 is 6.68. The summed E-state index contributed by atoms with van der Waals surface area (Å²) in [6, 6.07) is 8.59. The zero-order valence-electron chi connectivity index (χ0n) is 13.9. The van der Waals surface area contributed by atoms with Crippen molar-refractivity contribution in [2.24, 2.45) is 0 Å². The van der Waals surface area contributed by atoms with E-state index in [-0.39, 0.29) is 17.4 Å². The van der Waals surface area contributed by atoms with Gasteiger partial charge in [-0.15, -0.1) is 10.2 Å². The number of anilines is 1. The van der Waals surface area contributed by atoms with Crippen LogP contribution < -0.4 is 5.32 Å². The molecular formula is C16H16N6O5. The molecule has 140 valence electrons. The molecule has 0 spiro atoms. The molecule has 4 atom stereocenters. The van der Waals surface area contributed by atoms with E-state index in [1.807, 2.05) is 0 Å². The van der Waals surface area contributed by atoms with E-state index in [2.05, 4.69) is 25.8 Å². The van der Waals surface area contributed by atoms with Crippen LogP contribution in [0.15, 0.2) is 36.5 Å². The number of carbonyl (C=O) groups is 1. The fourth-order valence-electron chi connectivity index (χ4n) is 2.92. The maximum absolute atomic E-state index is 12.3. The van der Waals surface area contributed by atoms with E-state index < -0.39 is 31.1 Å². The summed E-state index contributed by atoms with van der Waals surface area (Å²) >= 11 is 0. The molecule has 3 heterocycles. The molecule has 0 saturated carbocycles. The molecule has 3 aromatic rings. The molecule has 1 amide bonds. The minimum atomic E-state index is -1.32. The van der Waals surface area contributed by atoms with Crippen LogP contribution in [0.1, 0.15) is 16.6 Å². The van der Waals surface area contributed by atoms with Gasteiger partial charge in [0.25, 0.3) is 5.91 Å². The molecule has 27 heavy (non-hydrogen) atoms. The molecule has 1 aromatic carbocycles. The van der Waals surface area contributed by atoms with Gasteiger partial charge in [-0.2, -0.15) is 5.10 Å². The van der Waals surface area contributed by atoms with Crippen LogP contribution in [0.3, 0.4) is 0 Å². The lowest BCUT2D eigenvalue weighted by molar-refractivity contribution is -0.0567. The highest BCUT2D eigenvalue weighted by molar-refractivity contribution is 6.07. The van der Waals surface area contributed by atoms with E-state index in [0.29, 0.717) is 10.9 Å². The van der Waals surface area contributed by atoms with Crippen molar-refractivity contribution in [1.29, 1.82) is 0 Å². The average Bonchev–Trinajstić information content (AvgIpc) is 3.25. The monoisotopic (exact) mass is 372 g/mol. The zero-order chi connectivity index (χ0) is 19.0. The molecule has 1 fully saturated rings. The Bertz CT molecular complexity index is 964. The number of aliphatic hydroxyl groups is 3. The Balaban J connectivity index is 1.65. The highest BCUT2D eigenvalue weighted by Crippen LogP contribution is 2.31. The van der Waals surface area contributed by atoms with Gasteiger partial charge in [-0.05, 0) is 17.3 Å². The highest BCUT2D eigenvalue weighted by atomic mass is 16.6. The average molecular weight is 372 g/mol. The van der Waals surface area contributed by atoms with Crippen LogP contribution in [0.5, 0.6) is 0 Å². The lowest BCUT2D eigenvalue weighted by Gasteiger charge is -2.15. The maximum Gasteiger partial charge on any atom is 0.256 e. The van der Waals surface area contributed by atoms with Gasteiger partial charge in [0.1, 0.15) is 18.3 Å². The number of ether oxygens (including phenoxy) is 1. The molecule has 1 aliphatic heterocycles. The topological polar surface area (TPSA) is 156 Å². The number of nitrogens with zero attached hydrogens (tertiary/aromatic N) is 5. The van der Waals surface area contributed by atoms with E-state index in [0.717, 1.165) is 0 Å². The molecule has 4 rings (SSSR count). The van der Waals surface area contributed by atoms with Crippen molar-refractivity contribution in [1.82, 2.24) is 25.2 Å². The molecule has 2 aromatic heterocycles. The van der Waals surface area contributed by atoms with Crippen LogP contribution >= 0.6 is 0 Å². The zero-order valence-corrected chi connectivity index (χ0v) is 13.9. The van der Waals surface area contributed by atoms with Crippen molar-refractivity contribution in [3.05, 3.63) is 42.1 Å². The predicted molar refractivity (Wildman–Crippen MR) is 90.5 cm³/mol. The number of aliphatic hydroxyl groups excluding tert-OH is 3. The maximum atomic E-state index is 12.3. The van der Waals surface area contributed by atoms with Gasteiger partial charge in [-0.3, -0.25) is 4.79 Å². The van der Waals surface area contributed by atoms with Crippen LogP contribution in [-0.4, -0.2) is 71.3 Å². The third-order valence-electron chi connectivity index (χ3n) is 4.33. The molecule has 1 saturated heterocycles. The minimum absolute atomic E-state index is 0.145. The molecule has 4 N–H and O–H groups in total. The van der Waals surface area contributed by atoms with Crippen LogP contribution in [-0.2, 0) is 4.74 Å². The van der Waals surface area contributed by atoms with Crippen molar-refractivity contribution in [2.45, 2.75) is 24.5 Å². The molecule has 11 heteroatoms. The first-order chi connectivity index (χ1) is 13.1.